The molecule has 22 heavy (non-hydrogen) atoms. The van der Waals surface area contributed by atoms with Crippen LogP contribution in [0.15, 0.2) is 72.8 Å². The molecule has 1 atom stereocenters. The van der Waals surface area contributed by atoms with Crippen molar-refractivity contribution >= 4 is 17.9 Å². The van der Waals surface area contributed by atoms with E-state index in [1.807, 2.05) is 72.8 Å². The molecule has 0 N–H and O–H groups in total. The molecule has 0 fully saturated rings. The van der Waals surface area contributed by atoms with Crippen molar-refractivity contribution in [3.63, 3.8) is 0 Å². The van der Waals surface area contributed by atoms with Gasteiger partial charge in [-0.2, -0.15) is 0 Å². The van der Waals surface area contributed by atoms with Crippen molar-refractivity contribution in [1.29, 1.82) is 0 Å². The predicted molar refractivity (Wildman–Crippen MR) is 87.5 cm³/mol. The van der Waals surface area contributed by atoms with Crippen LogP contribution in [0.4, 0.5) is 0 Å². The lowest BCUT2D eigenvalue weighted by Crippen LogP contribution is -2.38. The summed E-state index contributed by atoms with van der Waals surface area (Å²) in [5.41, 5.74) is 0. The molecule has 0 amide bonds. The summed E-state index contributed by atoms with van der Waals surface area (Å²) in [4.78, 5) is 7.32. The first-order valence-electron chi connectivity index (χ1n) is 7.10. The average Bonchev–Trinajstić information content (AvgIpc) is 2.62. The molecule has 2 aromatic rings. The molecular weight excluding hydrogens is 297 g/mol. The second kappa shape index (κ2) is 6.59. The van der Waals surface area contributed by atoms with E-state index in [1.54, 1.807) is 11.9 Å². The van der Waals surface area contributed by atoms with Gasteiger partial charge in [0.25, 0.3) is 0 Å². The molecule has 0 aliphatic carbocycles. The Bertz CT molecular complexity index is 644. The minimum Gasteiger partial charge on any atom is -0.351 e. The molecule has 114 valence electrons. The van der Waals surface area contributed by atoms with Gasteiger partial charge in [-0.15, -0.1) is 4.83 Å². The summed E-state index contributed by atoms with van der Waals surface area (Å²) in [6.45, 7) is 0.445. The molecule has 1 aliphatic heterocycles. The van der Waals surface area contributed by atoms with Crippen molar-refractivity contribution in [2.75, 3.05) is 13.7 Å². The van der Waals surface area contributed by atoms with E-state index in [0.717, 1.165) is 10.6 Å². The zero-order valence-electron chi connectivity index (χ0n) is 12.3. The van der Waals surface area contributed by atoms with Crippen LogP contribution in [0, 0.1) is 0 Å². The Morgan fingerprint density at radius 1 is 1.05 bits per heavy atom. The zero-order valence-corrected chi connectivity index (χ0v) is 13.2. The van der Waals surface area contributed by atoms with Crippen molar-refractivity contribution in [2.45, 2.75) is 6.29 Å². The van der Waals surface area contributed by atoms with Crippen LogP contribution in [0.25, 0.3) is 0 Å². The number of hydroxylamine groups is 1. The fourth-order valence-corrected chi connectivity index (χ4v) is 4.95. The summed E-state index contributed by atoms with van der Waals surface area (Å²) >= 11 is 0. The van der Waals surface area contributed by atoms with Crippen LogP contribution in [0.3, 0.4) is 0 Å². The second-order valence-corrected chi connectivity index (χ2v) is 7.55. The van der Waals surface area contributed by atoms with Crippen molar-refractivity contribution in [2.24, 2.45) is 0 Å². The van der Waals surface area contributed by atoms with Crippen LogP contribution < -0.4 is 10.6 Å². The molecule has 1 unspecified atom stereocenters. The average molecular weight is 315 g/mol. The van der Waals surface area contributed by atoms with Crippen molar-refractivity contribution < 1.29 is 14.1 Å². The fourth-order valence-electron chi connectivity index (χ4n) is 2.43. The van der Waals surface area contributed by atoms with Gasteiger partial charge in [-0.05, 0) is 30.3 Å². The third-order valence-electron chi connectivity index (χ3n) is 3.54. The first-order valence-corrected chi connectivity index (χ1v) is 8.76. The molecule has 0 radical (unpaired) electrons. The molecule has 0 bridgehead atoms. The zero-order chi connectivity index (χ0) is 15.4. The molecule has 3 rings (SSSR count). The standard InChI is InChI=1S/C17H18NO3P/c1-20-17-13-8-14-18(21-17)22(19,15-9-4-2-5-10-15)16-11-6-3-7-12-16/h2-13,17H,14H2,1H3. The molecule has 1 heterocycles. The maximum Gasteiger partial charge on any atom is 0.229 e. The molecule has 5 heteroatoms. The number of methoxy groups -OCH3 is 1. The summed E-state index contributed by atoms with van der Waals surface area (Å²) < 4.78 is 19.2. The third-order valence-corrected chi connectivity index (χ3v) is 6.42. The van der Waals surface area contributed by atoms with Crippen molar-refractivity contribution in [3.8, 4) is 0 Å². The first kappa shape index (κ1) is 15.2. The summed E-state index contributed by atoms with van der Waals surface area (Å²) in [6.07, 6.45) is 3.21. The Labute approximate surface area is 130 Å². The quantitative estimate of drug-likeness (QED) is 0.642. The summed E-state index contributed by atoms with van der Waals surface area (Å²) in [5, 5.41) is 1.48. The SMILES string of the molecule is COC1C=CCN(P(=O)(c2ccccc2)c2ccccc2)O1. The molecule has 0 saturated carbocycles. The molecule has 0 saturated heterocycles. The van der Waals surface area contributed by atoms with E-state index in [0.29, 0.717) is 6.54 Å². The van der Waals surface area contributed by atoms with Gasteiger partial charge in [-0.1, -0.05) is 42.5 Å². The molecule has 1 aliphatic rings. The number of nitrogens with zero attached hydrogens (tertiary/aromatic N) is 1. The van der Waals surface area contributed by atoms with Gasteiger partial charge < -0.3 is 4.74 Å². The monoisotopic (exact) mass is 315 g/mol. The van der Waals surface area contributed by atoms with Gasteiger partial charge in [0.2, 0.25) is 7.29 Å². The van der Waals surface area contributed by atoms with Crippen LogP contribution in [-0.2, 0) is 14.1 Å². The lowest BCUT2D eigenvalue weighted by atomic mass is 10.4. The third kappa shape index (κ3) is 2.79. The summed E-state index contributed by atoms with van der Waals surface area (Å²) in [5.74, 6) is 0. The second-order valence-electron chi connectivity index (χ2n) is 4.92. The Morgan fingerprint density at radius 3 is 2.09 bits per heavy atom. The van der Waals surface area contributed by atoms with Crippen LogP contribution in [0.5, 0.6) is 0 Å². The van der Waals surface area contributed by atoms with Gasteiger partial charge in [0.15, 0.2) is 6.29 Å². The number of rotatable bonds is 4. The molecule has 0 aromatic heterocycles. The maximum atomic E-state index is 13.9. The number of ether oxygens (including phenoxy) is 1. The fraction of sp³-hybridized carbons (Fsp3) is 0.176. The van der Waals surface area contributed by atoms with Gasteiger partial charge in [-0.25, -0.2) is 0 Å². The van der Waals surface area contributed by atoms with E-state index >= 15 is 0 Å². The minimum absolute atomic E-state index is 0.445. The lowest BCUT2D eigenvalue weighted by Gasteiger charge is -2.34. The Morgan fingerprint density at radius 2 is 1.59 bits per heavy atom. The predicted octanol–water partition coefficient (Wildman–Crippen LogP) is 2.69. The largest absolute Gasteiger partial charge is 0.351 e. The van der Waals surface area contributed by atoms with Gasteiger partial charge in [0, 0.05) is 17.7 Å². The van der Waals surface area contributed by atoms with E-state index in [9.17, 15) is 4.57 Å². The molecule has 2 aromatic carbocycles. The Hall–Kier alpha value is -1.71. The topological polar surface area (TPSA) is 38.8 Å². The molecule has 4 nitrogen and oxygen atoms in total. The van der Waals surface area contributed by atoms with E-state index in [-0.39, 0.29) is 0 Å². The Kier molecular flexibility index (Phi) is 4.55. The highest BCUT2D eigenvalue weighted by molar-refractivity contribution is 7.76. The maximum absolute atomic E-state index is 13.9. The smallest absolute Gasteiger partial charge is 0.229 e. The molecule has 0 spiro atoms. The van der Waals surface area contributed by atoms with Crippen LogP contribution in [0.2, 0.25) is 0 Å². The highest BCUT2D eigenvalue weighted by Crippen LogP contribution is 2.48. The van der Waals surface area contributed by atoms with E-state index in [2.05, 4.69) is 0 Å². The van der Waals surface area contributed by atoms with Gasteiger partial charge in [0.05, 0.1) is 6.54 Å². The van der Waals surface area contributed by atoms with Gasteiger partial charge in [-0.3, -0.25) is 9.40 Å². The van der Waals surface area contributed by atoms with Crippen LogP contribution >= 0.6 is 7.29 Å². The number of hydrogen-bond donors (Lipinski definition) is 0. The van der Waals surface area contributed by atoms with Crippen LogP contribution in [-0.4, -0.2) is 24.8 Å². The summed E-state index contributed by atoms with van der Waals surface area (Å²) in [6, 6.07) is 18.9. The van der Waals surface area contributed by atoms with Gasteiger partial charge in [0.1, 0.15) is 0 Å². The van der Waals surface area contributed by atoms with E-state index in [4.69, 9.17) is 9.57 Å². The minimum atomic E-state index is -3.07. The Balaban J connectivity index is 2.09. The van der Waals surface area contributed by atoms with E-state index < -0.39 is 13.6 Å². The van der Waals surface area contributed by atoms with Crippen molar-refractivity contribution in [3.05, 3.63) is 72.8 Å². The van der Waals surface area contributed by atoms with Crippen LogP contribution in [0.1, 0.15) is 0 Å². The van der Waals surface area contributed by atoms with Gasteiger partial charge >= 0.3 is 0 Å². The lowest BCUT2D eigenvalue weighted by molar-refractivity contribution is -0.210. The number of hydrogen-bond acceptors (Lipinski definition) is 3. The highest BCUT2D eigenvalue weighted by Gasteiger charge is 2.37. The summed E-state index contributed by atoms with van der Waals surface area (Å²) in [7, 11) is -1.51. The molecular formula is C17H18NO3P. The normalized spacial score (nSPS) is 19.2. The van der Waals surface area contributed by atoms with Crippen molar-refractivity contribution in [1.82, 2.24) is 4.83 Å². The van der Waals surface area contributed by atoms with E-state index in [1.165, 1.54) is 0 Å². The highest BCUT2D eigenvalue weighted by atomic mass is 31.2. The first-order chi connectivity index (χ1) is 10.7. The number of benzene rings is 2.